The van der Waals surface area contributed by atoms with Crippen molar-refractivity contribution in [1.82, 2.24) is 9.13 Å². The van der Waals surface area contributed by atoms with Crippen LogP contribution in [0.4, 0.5) is 0 Å². The molecule has 14 aromatic rings. The molecule has 68 heavy (non-hydrogen) atoms. The van der Waals surface area contributed by atoms with Gasteiger partial charge in [0.2, 0.25) is 0 Å². The van der Waals surface area contributed by atoms with Crippen LogP contribution in [0.5, 0.6) is 0 Å². The van der Waals surface area contributed by atoms with Crippen LogP contribution in [0.3, 0.4) is 0 Å². The molecule has 0 N–H and O–H groups in total. The highest BCUT2D eigenvalue weighted by atomic mass is 32.1. The van der Waals surface area contributed by atoms with Gasteiger partial charge in [-0.3, -0.25) is 0 Å². The lowest BCUT2D eigenvalue weighted by atomic mass is 9.99. The fourth-order valence-electron chi connectivity index (χ4n) is 10.5. The van der Waals surface area contributed by atoms with Crippen LogP contribution in [-0.4, -0.2) is 9.13 Å². The lowest BCUT2D eigenvalue weighted by Crippen LogP contribution is -1.93. The van der Waals surface area contributed by atoms with Gasteiger partial charge >= 0.3 is 0 Å². The van der Waals surface area contributed by atoms with Gasteiger partial charge < -0.3 is 9.13 Å². The van der Waals surface area contributed by atoms with E-state index in [4.69, 9.17) is 0 Å². The molecule has 0 amide bonds. The second kappa shape index (κ2) is 15.7. The van der Waals surface area contributed by atoms with Crippen LogP contribution in [-0.2, 0) is 0 Å². The Bertz CT molecular complexity index is 3950. The number of fused-ring (bicyclic) bond motifs is 10. The van der Waals surface area contributed by atoms with Crippen molar-refractivity contribution >= 4 is 85.1 Å². The number of nitrogens with zero attached hydrogens (tertiary/aromatic N) is 2. The second-order valence-corrected chi connectivity index (χ2v) is 19.7. The molecule has 10 aromatic carbocycles. The first-order valence-electron chi connectivity index (χ1n) is 23.1. The highest BCUT2D eigenvalue weighted by molar-refractivity contribution is 7.26. The fourth-order valence-corrected chi connectivity index (χ4v) is 13.0. The van der Waals surface area contributed by atoms with Crippen molar-refractivity contribution < 1.29 is 0 Å². The molecule has 14 rings (SSSR count). The highest BCUT2D eigenvalue weighted by Crippen LogP contribution is 2.46. The maximum Gasteiger partial charge on any atom is 0.109 e. The highest BCUT2D eigenvalue weighted by Gasteiger charge is 2.21. The Labute approximate surface area is 401 Å². The van der Waals surface area contributed by atoms with Crippen LogP contribution >= 0.6 is 22.7 Å². The Morgan fingerprint density at radius 2 is 0.559 bits per heavy atom. The largest absolute Gasteiger partial charge is 0.301 e. The normalized spacial score (nSPS) is 11.8. The molecule has 0 radical (unpaired) electrons. The van der Waals surface area contributed by atoms with Gasteiger partial charge in [-0.2, -0.15) is 0 Å². The summed E-state index contributed by atoms with van der Waals surface area (Å²) in [6, 6.07) is 89.1. The number of thiophene rings is 2. The van der Waals surface area contributed by atoms with Gasteiger partial charge in [0.25, 0.3) is 0 Å². The minimum absolute atomic E-state index is 1.16. The number of aromatic nitrogens is 2. The first kappa shape index (κ1) is 38.9. The summed E-state index contributed by atoms with van der Waals surface area (Å²) in [4.78, 5) is 2.54. The van der Waals surface area contributed by atoms with Gasteiger partial charge in [0, 0.05) is 53.1 Å². The zero-order valence-electron chi connectivity index (χ0n) is 36.8. The predicted octanol–water partition coefficient (Wildman–Crippen LogP) is 18.6. The van der Waals surface area contributed by atoms with Crippen LogP contribution < -0.4 is 0 Å². The summed E-state index contributed by atoms with van der Waals surface area (Å²) in [6.07, 6.45) is 0. The van der Waals surface area contributed by atoms with Crippen LogP contribution in [0, 0.1) is 0 Å². The van der Waals surface area contributed by atoms with Crippen molar-refractivity contribution in [2.75, 3.05) is 0 Å². The van der Waals surface area contributed by atoms with E-state index in [1.165, 1.54) is 118 Å². The third-order valence-corrected chi connectivity index (χ3v) is 16.1. The fraction of sp³-hybridized carbons (Fsp3) is 0. The number of rotatable bonds is 7. The van der Waals surface area contributed by atoms with Crippen LogP contribution in [0.15, 0.2) is 243 Å². The molecule has 0 spiro atoms. The molecule has 4 heterocycles. The van der Waals surface area contributed by atoms with Gasteiger partial charge in [0.1, 0.15) is 9.66 Å². The smallest absolute Gasteiger partial charge is 0.109 e. The molecular weight excluding hydrogens is 861 g/mol. The van der Waals surface area contributed by atoms with Gasteiger partial charge in [-0.05, 0) is 128 Å². The first-order chi connectivity index (χ1) is 33.7. The van der Waals surface area contributed by atoms with Crippen molar-refractivity contribution in [2.24, 2.45) is 0 Å². The molecule has 0 saturated heterocycles. The monoisotopic (exact) mass is 900 g/mol. The Kier molecular flexibility index (Phi) is 8.98. The van der Waals surface area contributed by atoms with Gasteiger partial charge in [-0.1, -0.05) is 170 Å². The summed E-state index contributed by atoms with van der Waals surface area (Å²) in [7, 11) is 0. The van der Waals surface area contributed by atoms with Crippen LogP contribution in [0.25, 0.3) is 129 Å². The maximum absolute atomic E-state index is 2.47. The summed E-state index contributed by atoms with van der Waals surface area (Å²) in [6.45, 7) is 0. The molecule has 0 saturated carbocycles. The average molecular weight is 901 g/mol. The molecule has 0 aliphatic heterocycles. The Balaban J connectivity index is 0.877. The lowest BCUT2D eigenvalue weighted by molar-refractivity contribution is 1.19. The Morgan fingerprint density at radius 3 is 0.971 bits per heavy atom. The quantitative estimate of drug-likeness (QED) is 0.151. The third kappa shape index (κ3) is 6.30. The molecule has 2 nitrogen and oxygen atoms in total. The number of benzene rings is 10. The van der Waals surface area contributed by atoms with E-state index >= 15 is 0 Å². The summed E-state index contributed by atoms with van der Waals surface area (Å²) >= 11 is 3.75. The SMILES string of the molecule is c1ccc(-c2cccc(-c3ccc(-n4c5ccc(-c6ccc7c(c6)c6c8ccccc8sc6n7-c6ccc(-c7cccc(-c8ccccc8)c7)cc6)cc5c5c6ccccc6sc54)cc3)c2)cc1. The molecular formula is C64H40N2S2. The molecule has 4 aromatic heterocycles. The second-order valence-electron chi connectivity index (χ2n) is 17.7. The topological polar surface area (TPSA) is 9.86 Å². The van der Waals surface area contributed by atoms with Crippen molar-refractivity contribution in [2.45, 2.75) is 0 Å². The summed E-state index contributed by atoms with van der Waals surface area (Å²) in [5.41, 5.74) is 16.9. The molecule has 0 fully saturated rings. The van der Waals surface area contributed by atoms with E-state index < -0.39 is 0 Å². The van der Waals surface area contributed by atoms with E-state index in [2.05, 4.69) is 252 Å². The van der Waals surface area contributed by atoms with Crippen molar-refractivity contribution in [3.8, 4) is 67.0 Å². The molecule has 0 bridgehead atoms. The summed E-state index contributed by atoms with van der Waals surface area (Å²) < 4.78 is 7.55. The van der Waals surface area contributed by atoms with Crippen molar-refractivity contribution in [3.05, 3.63) is 243 Å². The predicted molar refractivity (Wildman–Crippen MR) is 293 cm³/mol. The standard InChI is InChI=1S/C64H40N2S2/c1-3-13-41(14-4-1)45-17-11-19-47(37-45)43-25-31-51(32-26-43)65-57-35-29-49(39-55(57)61-53-21-7-9-23-59(53)67-63(61)65)50-30-36-58-56(40-50)62-54-22-8-10-24-60(54)68-64(62)66(58)52-33-27-44(28-34-52)48-20-12-18-46(38-48)42-15-5-2-6-16-42/h1-40H. The lowest BCUT2D eigenvalue weighted by Gasteiger charge is -2.11. The molecule has 318 valence electrons. The van der Waals surface area contributed by atoms with Gasteiger partial charge in [-0.15, -0.1) is 22.7 Å². The molecule has 0 unspecified atom stereocenters. The Hall–Kier alpha value is -8.28. The van der Waals surface area contributed by atoms with E-state index in [1.54, 1.807) is 0 Å². The van der Waals surface area contributed by atoms with Crippen LogP contribution in [0.2, 0.25) is 0 Å². The first-order valence-corrected chi connectivity index (χ1v) is 24.8. The van der Waals surface area contributed by atoms with Gasteiger partial charge in [0.05, 0.1) is 11.0 Å². The van der Waals surface area contributed by atoms with Crippen molar-refractivity contribution in [1.29, 1.82) is 0 Å². The van der Waals surface area contributed by atoms with E-state index in [0.29, 0.717) is 0 Å². The molecule has 0 atom stereocenters. The molecule has 4 heteroatoms. The summed E-state index contributed by atoms with van der Waals surface area (Å²) in [5.74, 6) is 0. The minimum Gasteiger partial charge on any atom is -0.301 e. The summed E-state index contributed by atoms with van der Waals surface area (Å²) in [5, 5.41) is 7.78. The maximum atomic E-state index is 2.47. The van der Waals surface area contributed by atoms with E-state index in [0.717, 1.165) is 11.4 Å². The average Bonchev–Trinajstić information content (AvgIpc) is 4.16. The zero-order valence-corrected chi connectivity index (χ0v) is 38.4. The van der Waals surface area contributed by atoms with E-state index in [1.807, 2.05) is 22.7 Å². The van der Waals surface area contributed by atoms with E-state index in [-0.39, 0.29) is 0 Å². The molecule has 0 aliphatic rings. The van der Waals surface area contributed by atoms with Crippen molar-refractivity contribution in [3.63, 3.8) is 0 Å². The third-order valence-electron chi connectivity index (χ3n) is 13.8. The number of hydrogen-bond acceptors (Lipinski definition) is 2. The minimum atomic E-state index is 1.16. The van der Waals surface area contributed by atoms with Gasteiger partial charge in [0.15, 0.2) is 0 Å². The van der Waals surface area contributed by atoms with Gasteiger partial charge in [-0.25, -0.2) is 0 Å². The number of hydrogen-bond donors (Lipinski definition) is 0. The molecule has 0 aliphatic carbocycles. The Morgan fingerprint density at radius 1 is 0.235 bits per heavy atom. The zero-order chi connectivity index (χ0) is 44.7. The van der Waals surface area contributed by atoms with E-state index in [9.17, 15) is 0 Å². The van der Waals surface area contributed by atoms with Crippen LogP contribution in [0.1, 0.15) is 0 Å².